The summed E-state index contributed by atoms with van der Waals surface area (Å²) >= 11 is 0. The van der Waals surface area contributed by atoms with Crippen molar-refractivity contribution in [1.29, 1.82) is 0 Å². The molecule has 0 saturated heterocycles. The zero-order valence-corrected chi connectivity index (χ0v) is 18.8. The predicted octanol–water partition coefficient (Wildman–Crippen LogP) is 4.06. The van der Waals surface area contributed by atoms with E-state index in [2.05, 4.69) is 10.6 Å². The Hall–Kier alpha value is -3.35. The molecule has 1 saturated carbocycles. The second kappa shape index (κ2) is 10.1. The zero-order chi connectivity index (χ0) is 23.4. The molecule has 2 aliphatic carbocycles. The van der Waals surface area contributed by atoms with Gasteiger partial charge in [0.25, 0.3) is 0 Å². The molecule has 174 valence electrons. The maximum absolute atomic E-state index is 12.7. The van der Waals surface area contributed by atoms with Gasteiger partial charge in [0.05, 0.1) is 6.42 Å². The average molecular weight is 451 g/mol. The molecular weight excluding hydrogens is 420 g/mol. The number of aliphatic carboxylic acids is 1. The molecule has 3 N–H and O–H groups in total. The minimum Gasteiger partial charge on any atom is -0.481 e. The number of alkyl carbamates (subject to hydrolysis) is 1. The van der Waals surface area contributed by atoms with Crippen LogP contribution in [0.3, 0.4) is 0 Å². The number of nitrogens with one attached hydrogen (secondary N) is 2. The molecule has 0 heterocycles. The van der Waals surface area contributed by atoms with Crippen LogP contribution in [0.2, 0.25) is 0 Å². The van der Waals surface area contributed by atoms with Gasteiger partial charge < -0.3 is 20.5 Å². The number of carbonyl (C=O) groups is 3. The van der Waals surface area contributed by atoms with Crippen molar-refractivity contribution in [3.63, 3.8) is 0 Å². The van der Waals surface area contributed by atoms with E-state index in [-0.39, 0.29) is 18.6 Å². The predicted molar refractivity (Wildman–Crippen MR) is 124 cm³/mol. The van der Waals surface area contributed by atoms with E-state index in [4.69, 9.17) is 4.74 Å². The highest BCUT2D eigenvalue weighted by Crippen LogP contribution is 2.44. The van der Waals surface area contributed by atoms with Crippen molar-refractivity contribution in [3.8, 4) is 11.1 Å². The van der Waals surface area contributed by atoms with Crippen molar-refractivity contribution in [1.82, 2.24) is 10.6 Å². The second-order valence-corrected chi connectivity index (χ2v) is 8.96. The summed E-state index contributed by atoms with van der Waals surface area (Å²) < 4.78 is 5.48. The van der Waals surface area contributed by atoms with Crippen molar-refractivity contribution >= 4 is 18.0 Å². The van der Waals surface area contributed by atoms with Crippen LogP contribution in [0.1, 0.15) is 56.1 Å². The summed E-state index contributed by atoms with van der Waals surface area (Å²) in [4.78, 5) is 36.6. The fraction of sp³-hybridized carbons (Fsp3) is 0.423. The molecule has 7 heteroatoms. The van der Waals surface area contributed by atoms with Gasteiger partial charge in [-0.3, -0.25) is 9.59 Å². The molecule has 2 aromatic carbocycles. The normalized spacial score (nSPS) is 17.0. The Morgan fingerprint density at radius 3 is 2.12 bits per heavy atom. The van der Waals surface area contributed by atoms with Gasteiger partial charge in [0.15, 0.2) is 0 Å². The van der Waals surface area contributed by atoms with Crippen LogP contribution >= 0.6 is 0 Å². The van der Waals surface area contributed by atoms with Crippen LogP contribution in [0.15, 0.2) is 48.5 Å². The zero-order valence-electron chi connectivity index (χ0n) is 18.8. The summed E-state index contributed by atoms with van der Waals surface area (Å²) in [7, 11) is 0. The lowest BCUT2D eigenvalue weighted by atomic mass is 9.98. The minimum absolute atomic E-state index is 0.0689. The number of ether oxygens (including phenoxy) is 1. The second-order valence-electron chi connectivity index (χ2n) is 8.96. The first-order valence-electron chi connectivity index (χ1n) is 11.6. The van der Waals surface area contributed by atoms with Crippen LogP contribution < -0.4 is 10.6 Å². The smallest absolute Gasteiger partial charge is 0.407 e. The highest BCUT2D eigenvalue weighted by molar-refractivity contribution is 5.89. The number of carboxylic acid groups (broad SMARTS) is 1. The van der Waals surface area contributed by atoms with Crippen molar-refractivity contribution in [2.24, 2.45) is 5.92 Å². The molecule has 2 amide bonds. The fourth-order valence-corrected chi connectivity index (χ4v) is 5.07. The Bertz CT molecular complexity index is 985. The molecule has 4 rings (SSSR count). The average Bonchev–Trinajstić information content (AvgIpc) is 3.44. The Balaban J connectivity index is 1.39. The highest BCUT2D eigenvalue weighted by Gasteiger charge is 2.31. The molecule has 2 aliphatic rings. The van der Waals surface area contributed by atoms with Crippen LogP contribution in [0.5, 0.6) is 0 Å². The van der Waals surface area contributed by atoms with E-state index < -0.39 is 30.4 Å². The lowest BCUT2D eigenvalue weighted by Gasteiger charge is -2.24. The van der Waals surface area contributed by atoms with Gasteiger partial charge in [-0.05, 0) is 47.9 Å². The summed E-state index contributed by atoms with van der Waals surface area (Å²) in [5, 5.41) is 14.6. The third kappa shape index (κ3) is 5.18. The molecule has 2 aromatic rings. The van der Waals surface area contributed by atoms with Crippen LogP contribution in [-0.2, 0) is 14.3 Å². The van der Waals surface area contributed by atoms with Crippen molar-refractivity contribution in [3.05, 3.63) is 59.7 Å². The Labute approximate surface area is 193 Å². The standard InChI is InChI=1S/C26H30N2O5/c1-16(17-8-2-3-9-17)27-25(31)23(14-24(29)30)28-26(32)33-15-22-20-12-6-4-10-18(20)19-11-5-7-13-21(19)22/h4-7,10-13,16-17,22-23H,2-3,8-9,14-15H2,1H3,(H,27,31)(H,28,32)(H,29,30)/t16-,23?/m0/s1. The summed E-state index contributed by atoms with van der Waals surface area (Å²) in [6, 6.07) is 14.7. The molecular formula is C26H30N2O5. The molecule has 33 heavy (non-hydrogen) atoms. The Kier molecular flexibility index (Phi) is 6.96. The lowest BCUT2D eigenvalue weighted by Crippen LogP contribution is -2.51. The van der Waals surface area contributed by atoms with Crippen molar-refractivity contribution < 1.29 is 24.2 Å². The number of hydrogen-bond donors (Lipinski definition) is 3. The largest absolute Gasteiger partial charge is 0.481 e. The number of amides is 2. The third-order valence-corrected chi connectivity index (χ3v) is 6.81. The van der Waals surface area contributed by atoms with Crippen molar-refractivity contribution in [2.45, 2.75) is 57.0 Å². The van der Waals surface area contributed by atoms with E-state index >= 15 is 0 Å². The first kappa shape index (κ1) is 22.8. The Morgan fingerprint density at radius 1 is 0.970 bits per heavy atom. The van der Waals surface area contributed by atoms with E-state index in [9.17, 15) is 19.5 Å². The van der Waals surface area contributed by atoms with Gasteiger partial charge in [-0.2, -0.15) is 0 Å². The van der Waals surface area contributed by atoms with Crippen molar-refractivity contribution in [2.75, 3.05) is 6.61 Å². The Morgan fingerprint density at radius 2 is 1.55 bits per heavy atom. The molecule has 1 unspecified atom stereocenters. The highest BCUT2D eigenvalue weighted by atomic mass is 16.5. The first-order chi connectivity index (χ1) is 15.9. The summed E-state index contributed by atoms with van der Waals surface area (Å²) in [5.74, 6) is -1.39. The number of carbonyl (C=O) groups excluding carboxylic acids is 2. The monoisotopic (exact) mass is 450 g/mol. The lowest BCUT2D eigenvalue weighted by molar-refractivity contribution is -0.140. The van der Waals surface area contributed by atoms with E-state index in [0.717, 1.165) is 47.9 Å². The van der Waals surface area contributed by atoms with Crippen LogP contribution in [0.25, 0.3) is 11.1 Å². The van der Waals surface area contributed by atoms with E-state index in [1.165, 1.54) is 0 Å². The molecule has 2 atom stereocenters. The quantitative estimate of drug-likeness (QED) is 0.563. The van der Waals surface area contributed by atoms with Gasteiger partial charge in [0.1, 0.15) is 12.6 Å². The van der Waals surface area contributed by atoms with Crippen LogP contribution in [-0.4, -0.2) is 41.8 Å². The molecule has 0 aliphatic heterocycles. The van der Waals surface area contributed by atoms with Gasteiger partial charge in [0.2, 0.25) is 5.91 Å². The number of rotatable bonds is 8. The van der Waals surface area contributed by atoms with E-state index in [1.54, 1.807) is 0 Å². The number of carboxylic acids is 1. The van der Waals surface area contributed by atoms with E-state index in [0.29, 0.717) is 5.92 Å². The van der Waals surface area contributed by atoms with Gasteiger partial charge in [0, 0.05) is 12.0 Å². The fourth-order valence-electron chi connectivity index (χ4n) is 5.07. The van der Waals surface area contributed by atoms with Crippen LogP contribution in [0, 0.1) is 5.92 Å². The van der Waals surface area contributed by atoms with Gasteiger partial charge in [-0.25, -0.2) is 4.79 Å². The number of fused-ring (bicyclic) bond motifs is 3. The number of hydrogen-bond acceptors (Lipinski definition) is 4. The molecule has 0 aromatic heterocycles. The van der Waals surface area contributed by atoms with Crippen LogP contribution in [0.4, 0.5) is 4.79 Å². The molecule has 7 nitrogen and oxygen atoms in total. The molecule has 1 fully saturated rings. The molecule has 0 bridgehead atoms. The topological polar surface area (TPSA) is 105 Å². The maximum atomic E-state index is 12.7. The third-order valence-electron chi connectivity index (χ3n) is 6.81. The summed E-state index contributed by atoms with van der Waals surface area (Å²) in [6.07, 6.45) is 3.07. The molecule has 0 spiro atoms. The van der Waals surface area contributed by atoms with Gasteiger partial charge in [-0.1, -0.05) is 61.4 Å². The summed E-state index contributed by atoms with van der Waals surface area (Å²) in [5.41, 5.74) is 4.39. The maximum Gasteiger partial charge on any atom is 0.407 e. The first-order valence-corrected chi connectivity index (χ1v) is 11.6. The van der Waals surface area contributed by atoms with Gasteiger partial charge in [-0.15, -0.1) is 0 Å². The SMILES string of the molecule is C[C@H](NC(=O)C(CC(=O)O)NC(=O)OCC1c2ccccc2-c2ccccc21)C1CCCC1. The van der Waals surface area contributed by atoms with E-state index in [1.807, 2.05) is 55.5 Å². The number of benzene rings is 2. The van der Waals surface area contributed by atoms with Gasteiger partial charge >= 0.3 is 12.1 Å². The minimum atomic E-state index is -1.19. The summed E-state index contributed by atoms with van der Waals surface area (Å²) in [6.45, 7) is 2.03. The molecule has 0 radical (unpaired) electrons.